The van der Waals surface area contributed by atoms with Crippen molar-refractivity contribution in [3.8, 4) is 0 Å². The first-order valence-electron chi connectivity index (χ1n) is 10.1. The Bertz CT molecular complexity index is 713. The fourth-order valence-corrected chi connectivity index (χ4v) is 4.89. The van der Waals surface area contributed by atoms with E-state index in [-0.39, 0.29) is 12.1 Å². The average molecular weight is 429 g/mol. The standard InChI is InChI=1S/C23H29BrN2O/c24-21-8-6-18(7-9-21)16-25-13-12-23(27)22(17-25)26-14-10-20(11-15-26)19-4-2-1-3-5-19/h1-9,20,22-23,27H,10-17H2/t22-,23-/m1/s1. The van der Waals surface area contributed by atoms with Gasteiger partial charge in [-0.3, -0.25) is 9.80 Å². The Hall–Kier alpha value is -1.20. The summed E-state index contributed by atoms with van der Waals surface area (Å²) in [5, 5.41) is 10.6. The van der Waals surface area contributed by atoms with E-state index in [1.54, 1.807) is 0 Å². The van der Waals surface area contributed by atoms with Crippen LogP contribution in [0.15, 0.2) is 59.1 Å². The Balaban J connectivity index is 1.34. The molecule has 2 aliphatic heterocycles. The predicted molar refractivity (Wildman–Crippen MR) is 114 cm³/mol. The Labute approximate surface area is 171 Å². The van der Waals surface area contributed by atoms with Crippen molar-refractivity contribution >= 4 is 15.9 Å². The monoisotopic (exact) mass is 428 g/mol. The van der Waals surface area contributed by atoms with Crippen LogP contribution in [0.25, 0.3) is 0 Å². The molecule has 0 saturated carbocycles. The highest BCUT2D eigenvalue weighted by Gasteiger charge is 2.34. The molecule has 0 spiro atoms. The van der Waals surface area contributed by atoms with Crippen LogP contribution in [0.3, 0.4) is 0 Å². The van der Waals surface area contributed by atoms with Crippen LogP contribution >= 0.6 is 15.9 Å². The lowest BCUT2D eigenvalue weighted by Crippen LogP contribution is -2.56. The van der Waals surface area contributed by atoms with Crippen molar-refractivity contribution in [2.24, 2.45) is 0 Å². The number of hydrogen-bond donors (Lipinski definition) is 1. The van der Waals surface area contributed by atoms with Crippen LogP contribution in [0.2, 0.25) is 0 Å². The molecule has 1 N–H and O–H groups in total. The Morgan fingerprint density at radius 3 is 2.30 bits per heavy atom. The van der Waals surface area contributed by atoms with E-state index in [1.807, 2.05) is 0 Å². The summed E-state index contributed by atoms with van der Waals surface area (Å²) < 4.78 is 1.12. The van der Waals surface area contributed by atoms with E-state index in [2.05, 4.69) is 80.3 Å². The summed E-state index contributed by atoms with van der Waals surface area (Å²) in [6.07, 6.45) is 3.07. The highest BCUT2D eigenvalue weighted by Crippen LogP contribution is 2.30. The largest absolute Gasteiger partial charge is 0.391 e. The van der Waals surface area contributed by atoms with Crippen LogP contribution < -0.4 is 0 Å². The number of nitrogens with zero attached hydrogens (tertiary/aromatic N) is 2. The summed E-state index contributed by atoms with van der Waals surface area (Å²) >= 11 is 3.51. The molecule has 0 radical (unpaired) electrons. The van der Waals surface area contributed by atoms with Crippen molar-refractivity contribution in [3.63, 3.8) is 0 Å². The van der Waals surface area contributed by atoms with Gasteiger partial charge in [0.15, 0.2) is 0 Å². The second-order valence-electron chi connectivity index (χ2n) is 8.01. The van der Waals surface area contributed by atoms with Crippen molar-refractivity contribution in [1.82, 2.24) is 9.80 Å². The fraction of sp³-hybridized carbons (Fsp3) is 0.478. The van der Waals surface area contributed by atoms with Crippen LogP contribution in [0.4, 0.5) is 0 Å². The zero-order chi connectivity index (χ0) is 18.6. The molecule has 2 aromatic rings. The van der Waals surface area contributed by atoms with Gasteiger partial charge >= 0.3 is 0 Å². The number of aliphatic hydroxyl groups excluding tert-OH is 1. The molecule has 0 unspecified atom stereocenters. The second-order valence-corrected chi connectivity index (χ2v) is 8.92. The van der Waals surface area contributed by atoms with Gasteiger partial charge in [0, 0.05) is 30.1 Å². The Morgan fingerprint density at radius 1 is 0.889 bits per heavy atom. The Kier molecular flexibility index (Phi) is 6.28. The summed E-state index contributed by atoms with van der Waals surface area (Å²) in [5.41, 5.74) is 2.81. The number of piperidine rings is 2. The van der Waals surface area contributed by atoms with E-state index in [1.165, 1.54) is 24.0 Å². The first kappa shape index (κ1) is 19.1. The van der Waals surface area contributed by atoms with E-state index in [9.17, 15) is 5.11 Å². The van der Waals surface area contributed by atoms with Crippen molar-refractivity contribution in [1.29, 1.82) is 0 Å². The van der Waals surface area contributed by atoms with Gasteiger partial charge in [-0.2, -0.15) is 0 Å². The van der Waals surface area contributed by atoms with Crippen molar-refractivity contribution < 1.29 is 5.11 Å². The molecule has 0 bridgehead atoms. The third kappa shape index (κ3) is 4.80. The van der Waals surface area contributed by atoms with Gasteiger partial charge in [0.25, 0.3) is 0 Å². The molecule has 2 aliphatic rings. The number of likely N-dealkylation sites (tertiary alicyclic amines) is 2. The van der Waals surface area contributed by atoms with E-state index in [0.717, 1.165) is 43.6 Å². The zero-order valence-corrected chi connectivity index (χ0v) is 17.4. The molecule has 2 atom stereocenters. The molecule has 2 aromatic carbocycles. The molecule has 2 fully saturated rings. The molecule has 27 heavy (non-hydrogen) atoms. The molecular formula is C23H29BrN2O. The van der Waals surface area contributed by atoms with Gasteiger partial charge in [0.1, 0.15) is 0 Å². The van der Waals surface area contributed by atoms with Crippen LogP contribution in [0, 0.1) is 0 Å². The summed E-state index contributed by atoms with van der Waals surface area (Å²) in [4.78, 5) is 5.04. The number of halogens is 1. The molecule has 3 nitrogen and oxygen atoms in total. The molecule has 0 aromatic heterocycles. The molecule has 144 valence electrons. The summed E-state index contributed by atoms with van der Waals surface area (Å²) in [6.45, 7) is 5.10. The molecule has 4 heteroatoms. The van der Waals surface area contributed by atoms with Gasteiger partial charge in [-0.05, 0) is 61.5 Å². The van der Waals surface area contributed by atoms with Gasteiger partial charge < -0.3 is 5.11 Å². The maximum Gasteiger partial charge on any atom is 0.0720 e. The summed E-state index contributed by atoms with van der Waals surface area (Å²) in [7, 11) is 0. The summed E-state index contributed by atoms with van der Waals surface area (Å²) in [5.74, 6) is 0.669. The van der Waals surface area contributed by atoms with Crippen molar-refractivity contribution in [2.75, 3.05) is 26.2 Å². The lowest BCUT2D eigenvalue weighted by molar-refractivity contribution is -0.0222. The van der Waals surface area contributed by atoms with Crippen molar-refractivity contribution in [3.05, 3.63) is 70.2 Å². The minimum atomic E-state index is -0.195. The minimum Gasteiger partial charge on any atom is -0.391 e. The topological polar surface area (TPSA) is 26.7 Å². The van der Waals surface area contributed by atoms with E-state index < -0.39 is 0 Å². The van der Waals surface area contributed by atoms with E-state index in [0.29, 0.717) is 5.92 Å². The quantitative estimate of drug-likeness (QED) is 0.787. The first-order valence-corrected chi connectivity index (χ1v) is 10.9. The molecule has 0 amide bonds. The maximum atomic E-state index is 10.6. The van der Waals surface area contributed by atoms with Gasteiger partial charge in [-0.25, -0.2) is 0 Å². The first-order chi connectivity index (χ1) is 13.2. The maximum absolute atomic E-state index is 10.6. The van der Waals surface area contributed by atoms with Gasteiger partial charge in [0.05, 0.1) is 6.10 Å². The lowest BCUT2D eigenvalue weighted by Gasteiger charge is -2.45. The molecule has 4 rings (SSSR count). The molecular weight excluding hydrogens is 400 g/mol. The SMILES string of the molecule is O[C@@H]1CCN(Cc2ccc(Br)cc2)C[C@H]1N1CCC(c2ccccc2)CC1. The van der Waals surface area contributed by atoms with Crippen LogP contribution in [-0.2, 0) is 6.54 Å². The highest BCUT2D eigenvalue weighted by atomic mass is 79.9. The lowest BCUT2D eigenvalue weighted by atomic mass is 9.88. The highest BCUT2D eigenvalue weighted by molar-refractivity contribution is 9.10. The number of hydrogen-bond acceptors (Lipinski definition) is 3. The number of benzene rings is 2. The van der Waals surface area contributed by atoms with E-state index in [4.69, 9.17) is 0 Å². The Morgan fingerprint density at radius 2 is 1.59 bits per heavy atom. The van der Waals surface area contributed by atoms with Crippen LogP contribution in [0.5, 0.6) is 0 Å². The average Bonchev–Trinajstić information content (AvgIpc) is 2.72. The normalized spacial score (nSPS) is 25.6. The van der Waals surface area contributed by atoms with Crippen LogP contribution in [-0.4, -0.2) is 53.2 Å². The number of aliphatic hydroxyl groups is 1. The zero-order valence-electron chi connectivity index (χ0n) is 15.8. The molecule has 2 saturated heterocycles. The van der Waals surface area contributed by atoms with Crippen LogP contribution in [0.1, 0.15) is 36.3 Å². The molecule has 0 aliphatic carbocycles. The minimum absolute atomic E-state index is 0.195. The van der Waals surface area contributed by atoms with Gasteiger partial charge in [0.2, 0.25) is 0 Å². The predicted octanol–water partition coefficient (Wildman–Crippen LogP) is 4.26. The van der Waals surface area contributed by atoms with Gasteiger partial charge in [-0.1, -0.05) is 58.4 Å². The smallest absolute Gasteiger partial charge is 0.0720 e. The number of rotatable bonds is 4. The summed E-state index contributed by atoms with van der Waals surface area (Å²) in [6, 6.07) is 19.8. The van der Waals surface area contributed by atoms with Gasteiger partial charge in [-0.15, -0.1) is 0 Å². The fourth-order valence-electron chi connectivity index (χ4n) is 4.62. The molecule has 2 heterocycles. The van der Waals surface area contributed by atoms with Crippen molar-refractivity contribution in [2.45, 2.75) is 43.9 Å². The second kappa shape index (κ2) is 8.87. The third-order valence-electron chi connectivity index (χ3n) is 6.22. The third-order valence-corrected chi connectivity index (χ3v) is 6.75. The van der Waals surface area contributed by atoms with E-state index >= 15 is 0 Å².